The van der Waals surface area contributed by atoms with Crippen LogP contribution in [0.15, 0.2) is 71.1 Å². The molecule has 1 saturated heterocycles. The number of aromatic nitrogens is 1. The van der Waals surface area contributed by atoms with E-state index in [1.54, 1.807) is 19.1 Å². The third-order valence-electron chi connectivity index (χ3n) is 5.93. The molecule has 164 valence electrons. The fourth-order valence-electron chi connectivity index (χ4n) is 4.28. The van der Waals surface area contributed by atoms with Crippen molar-refractivity contribution in [1.82, 2.24) is 9.29 Å². The summed E-state index contributed by atoms with van der Waals surface area (Å²) in [5.41, 5.74) is 4.40. The summed E-state index contributed by atoms with van der Waals surface area (Å²) >= 11 is 0. The lowest BCUT2D eigenvalue weighted by Gasteiger charge is -2.21. The van der Waals surface area contributed by atoms with E-state index in [0.717, 1.165) is 23.1 Å². The summed E-state index contributed by atoms with van der Waals surface area (Å²) in [6.45, 7) is 2.19. The van der Waals surface area contributed by atoms with E-state index >= 15 is 0 Å². The number of nitrogens with zero attached hydrogens (tertiary/aromatic N) is 2. The normalized spacial score (nSPS) is 17.2. The van der Waals surface area contributed by atoms with Crippen molar-refractivity contribution in [3.05, 3.63) is 89.6 Å². The lowest BCUT2D eigenvalue weighted by molar-refractivity contribution is 0.337. The number of oxazole rings is 1. The molecule has 2 heterocycles. The molecule has 0 saturated carbocycles. The van der Waals surface area contributed by atoms with Crippen LogP contribution < -0.4 is 0 Å². The van der Waals surface area contributed by atoms with Gasteiger partial charge in [0.2, 0.25) is 15.9 Å². The predicted molar refractivity (Wildman–Crippen MR) is 122 cm³/mol. The molecular weight excluding hydrogens is 427 g/mol. The molecule has 3 aromatic carbocycles. The molecule has 0 bridgehead atoms. The third-order valence-corrected chi connectivity index (χ3v) is 7.78. The molecule has 1 aliphatic heterocycles. The van der Waals surface area contributed by atoms with Crippen LogP contribution in [-0.4, -0.2) is 24.3 Å². The molecule has 0 unspecified atom stereocenters. The number of hydrogen-bond acceptors (Lipinski definition) is 4. The Morgan fingerprint density at radius 3 is 2.59 bits per heavy atom. The van der Waals surface area contributed by atoms with Crippen LogP contribution in [0.5, 0.6) is 0 Å². The average Bonchev–Trinajstić information content (AvgIpc) is 3.43. The molecule has 0 aliphatic carbocycles. The molecule has 4 aromatic rings. The van der Waals surface area contributed by atoms with E-state index in [-0.39, 0.29) is 11.6 Å². The van der Waals surface area contributed by atoms with Gasteiger partial charge in [-0.2, -0.15) is 4.31 Å². The van der Waals surface area contributed by atoms with Gasteiger partial charge in [0, 0.05) is 6.54 Å². The minimum Gasteiger partial charge on any atom is -0.439 e. The van der Waals surface area contributed by atoms with Gasteiger partial charge >= 0.3 is 0 Å². The van der Waals surface area contributed by atoms with Crippen LogP contribution in [0.2, 0.25) is 0 Å². The molecule has 0 spiro atoms. The number of halogens is 1. The van der Waals surface area contributed by atoms with Gasteiger partial charge < -0.3 is 4.42 Å². The number of benzene rings is 3. The van der Waals surface area contributed by atoms with Crippen molar-refractivity contribution >= 4 is 21.1 Å². The summed E-state index contributed by atoms with van der Waals surface area (Å²) < 4.78 is 47.4. The first-order chi connectivity index (χ1) is 15.4. The molecule has 1 atom stereocenters. The molecule has 1 aromatic heterocycles. The second-order valence-electron chi connectivity index (χ2n) is 8.21. The summed E-state index contributed by atoms with van der Waals surface area (Å²) in [5, 5.41) is 0. The zero-order valence-corrected chi connectivity index (χ0v) is 18.5. The second-order valence-corrected chi connectivity index (χ2v) is 10.1. The minimum atomic E-state index is -3.51. The van der Waals surface area contributed by atoms with E-state index in [1.807, 2.05) is 48.5 Å². The quantitative estimate of drug-likeness (QED) is 0.397. The lowest BCUT2D eigenvalue weighted by atomic mass is 10.0. The maximum atomic E-state index is 13.6. The smallest absolute Gasteiger partial charge is 0.219 e. The number of hydrogen-bond donors (Lipinski definition) is 0. The third kappa shape index (κ3) is 3.94. The molecule has 0 N–H and O–H groups in total. The zero-order valence-electron chi connectivity index (χ0n) is 17.7. The number of sulfonamides is 1. The van der Waals surface area contributed by atoms with Gasteiger partial charge in [-0.05, 0) is 66.3 Å². The fraction of sp³-hybridized carbons (Fsp3) is 0.240. The summed E-state index contributed by atoms with van der Waals surface area (Å²) in [7, 11) is -3.51. The van der Waals surface area contributed by atoms with E-state index in [4.69, 9.17) is 4.42 Å². The van der Waals surface area contributed by atoms with Gasteiger partial charge in [0.1, 0.15) is 17.4 Å². The van der Waals surface area contributed by atoms with Gasteiger partial charge in [0.25, 0.3) is 0 Å². The van der Waals surface area contributed by atoms with Crippen LogP contribution in [0.4, 0.5) is 4.39 Å². The van der Waals surface area contributed by atoms with Crippen LogP contribution in [0.1, 0.15) is 35.9 Å². The Bertz CT molecular complexity index is 1380. The maximum Gasteiger partial charge on any atom is 0.219 e. The van der Waals surface area contributed by atoms with E-state index < -0.39 is 16.1 Å². The van der Waals surface area contributed by atoms with E-state index in [1.165, 1.54) is 10.4 Å². The highest BCUT2D eigenvalue weighted by Crippen LogP contribution is 2.37. The summed E-state index contributed by atoms with van der Waals surface area (Å²) in [4.78, 5) is 4.64. The second kappa shape index (κ2) is 8.15. The van der Waals surface area contributed by atoms with Gasteiger partial charge in [0.05, 0.1) is 5.75 Å². The van der Waals surface area contributed by atoms with Crippen LogP contribution in [-0.2, 0) is 15.8 Å². The highest BCUT2D eigenvalue weighted by molar-refractivity contribution is 7.88. The minimum absolute atomic E-state index is 0.0430. The SMILES string of the molecule is Cc1cc(-c2ccc3oc([C@H]4CCCN4S(=O)(=O)Cc4ccccc4)nc3c2)ccc1F. The molecule has 5 rings (SSSR count). The van der Waals surface area contributed by atoms with Crippen LogP contribution >= 0.6 is 0 Å². The fourth-order valence-corrected chi connectivity index (χ4v) is 6.05. The Kier molecular flexibility index (Phi) is 5.31. The predicted octanol–water partition coefficient (Wildman–Crippen LogP) is 5.61. The summed E-state index contributed by atoms with van der Waals surface area (Å²) in [6, 6.07) is 19.4. The molecule has 0 radical (unpaired) electrons. The topological polar surface area (TPSA) is 63.4 Å². The van der Waals surface area contributed by atoms with Crippen molar-refractivity contribution in [2.75, 3.05) is 6.54 Å². The largest absolute Gasteiger partial charge is 0.439 e. The highest BCUT2D eigenvalue weighted by Gasteiger charge is 2.38. The number of aryl methyl sites for hydroxylation is 1. The lowest BCUT2D eigenvalue weighted by Crippen LogP contribution is -2.31. The van der Waals surface area contributed by atoms with Gasteiger partial charge in [-0.1, -0.05) is 42.5 Å². The van der Waals surface area contributed by atoms with Crippen molar-refractivity contribution < 1.29 is 17.2 Å². The van der Waals surface area contributed by atoms with Crippen molar-refractivity contribution in [1.29, 1.82) is 0 Å². The first-order valence-electron chi connectivity index (χ1n) is 10.6. The van der Waals surface area contributed by atoms with Crippen LogP contribution in [0.3, 0.4) is 0 Å². The van der Waals surface area contributed by atoms with Crippen LogP contribution in [0.25, 0.3) is 22.2 Å². The van der Waals surface area contributed by atoms with Crippen molar-refractivity contribution in [2.24, 2.45) is 0 Å². The standard InChI is InChI=1S/C25H23FN2O3S/c1-17-14-19(9-11-21(17)26)20-10-12-24-22(15-20)27-25(31-24)23-8-5-13-28(23)32(29,30)16-18-6-3-2-4-7-18/h2-4,6-7,9-12,14-15,23H,5,8,13,16H2,1H3/t23-/m1/s1. The molecule has 0 amide bonds. The summed E-state index contributed by atoms with van der Waals surface area (Å²) in [5.74, 6) is 0.136. The van der Waals surface area contributed by atoms with Gasteiger partial charge in [0.15, 0.2) is 5.58 Å². The Labute approximate surface area is 186 Å². The highest BCUT2D eigenvalue weighted by atomic mass is 32.2. The van der Waals surface area contributed by atoms with Crippen LogP contribution in [0, 0.1) is 12.7 Å². The Balaban J connectivity index is 1.45. The first kappa shape index (κ1) is 20.8. The van der Waals surface area contributed by atoms with Gasteiger partial charge in [-0.15, -0.1) is 0 Å². The molecule has 7 heteroatoms. The maximum absolute atomic E-state index is 13.6. The van der Waals surface area contributed by atoms with E-state index in [2.05, 4.69) is 4.98 Å². The summed E-state index contributed by atoms with van der Waals surface area (Å²) in [6.07, 6.45) is 1.43. The monoisotopic (exact) mass is 450 g/mol. The van der Waals surface area contributed by atoms with Gasteiger partial charge in [-0.3, -0.25) is 0 Å². The molecule has 5 nitrogen and oxygen atoms in total. The Morgan fingerprint density at radius 1 is 1.06 bits per heavy atom. The van der Waals surface area contributed by atoms with E-state index in [9.17, 15) is 12.8 Å². The van der Waals surface area contributed by atoms with Gasteiger partial charge in [-0.25, -0.2) is 17.8 Å². The van der Waals surface area contributed by atoms with Crippen molar-refractivity contribution in [2.45, 2.75) is 31.6 Å². The molecule has 1 fully saturated rings. The molecular formula is C25H23FN2O3S. The zero-order chi connectivity index (χ0) is 22.3. The number of rotatable bonds is 5. The van der Waals surface area contributed by atoms with Crippen molar-refractivity contribution in [3.8, 4) is 11.1 Å². The Morgan fingerprint density at radius 2 is 1.81 bits per heavy atom. The first-order valence-corrected chi connectivity index (χ1v) is 12.2. The number of fused-ring (bicyclic) bond motifs is 1. The Hall–Kier alpha value is -3.03. The van der Waals surface area contributed by atoms with Crippen molar-refractivity contribution in [3.63, 3.8) is 0 Å². The average molecular weight is 451 g/mol. The molecule has 1 aliphatic rings. The molecule has 32 heavy (non-hydrogen) atoms. The van der Waals surface area contributed by atoms with E-state index in [0.29, 0.717) is 35.5 Å².